The van der Waals surface area contributed by atoms with E-state index in [9.17, 15) is 20.2 Å². The zero-order chi connectivity index (χ0) is 14.6. The fraction of sp³-hybridized carbons (Fsp3) is 0.385. The zero-order valence-electron chi connectivity index (χ0n) is 11.1. The summed E-state index contributed by atoms with van der Waals surface area (Å²) in [6.45, 7) is 5.40. The Morgan fingerprint density at radius 1 is 1.32 bits per heavy atom. The van der Waals surface area contributed by atoms with E-state index in [1.165, 1.54) is 12.1 Å². The van der Waals surface area contributed by atoms with E-state index in [0.717, 1.165) is 0 Å². The van der Waals surface area contributed by atoms with Crippen LogP contribution in [0.5, 0.6) is 0 Å². The van der Waals surface area contributed by atoms with E-state index < -0.39 is 9.85 Å². The largest absolute Gasteiger partial charge is 0.272 e. The third kappa shape index (κ3) is 4.17. The Kier molecular flexibility index (Phi) is 4.74. The summed E-state index contributed by atoms with van der Waals surface area (Å²) in [5.74, 6) is 0.150. The lowest BCUT2D eigenvalue weighted by Crippen LogP contribution is -2.02. The molecular weight excluding hydrogens is 248 g/mol. The van der Waals surface area contributed by atoms with Gasteiger partial charge in [-0.05, 0) is 18.4 Å². The topological polar surface area (TPSA) is 86.3 Å². The normalized spacial score (nSPS) is 11.7. The van der Waals surface area contributed by atoms with Crippen molar-refractivity contribution in [3.8, 4) is 0 Å². The average Bonchev–Trinajstić information content (AvgIpc) is 2.29. The van der Waals surface area contributed by atoms with Crippen molar-refractivity contribution in [3.63, 3.8) is 0 Å². The predicted molar refractivity (Wildman–Crippen MR) is 72.3 cm³/mol. The van der Waals surface area contributed by atoms with Crippen molar-refractivity contribution in [1.29, 1.82) is 0 Å². The molecule has 0 fully saturated rings. The molecule has 0 saturated heterocycles. The smallest absolute Gasteiger partial charge is 0.259 e. The van der Waals surface area contributed by atoms with Gasteiger partial charge in [-0.2, -0.15) is 0 Å². The van der Waals surface area contributed by atoms with Gasteiger partial charge in [0.2, 0.25) is 5.70 Å². The zero-order valence-corrected chi connectivity index (χ0v) is 11.1. The minimum atomic E-state index is -0.485. The summed E-state index contributed by atoms with van der Waals surface area (Å²) in [5, 5.41) is 21.8. The number of nitro groups is 2. The molecule has 0 aliphatic heterocycles. The molecule has 102 valence electrons. The van der Waals surface area contributed by atoms with Crippen LogP contribution in [0.3, 0.4) is 0 Å². The second kappa shape index (κ2) is 6.08. The first-order valence-electron chi connectivity index (χ1n) is 5.91. The number of rotatable bonds is 5. The highest BCUT2D eigenvalue weighted by molar-refractivity contribution is 5.57. The van der Waals surface area contributed by atoms with Crippen molar-refractivity contribution in [2.75, 3.05) is 0 Å². The maximum atomic E-state index is 10.9. The van der Waals surface area contributed by atoms with Crippen LogP contribution in [0.4, 0.5) is 5.69 Å². The molecule has 0 atom stereocenters. The molecule has 0 amide bonds. The minimum absolute atomic E-state index is 0.0269. The van der Waals surface area contributed by atoms with Crippen LogP contribution in [0.25, 0.3) is 6.08 Å². The molecule has 0 aliphatic rings. The van der Waals surface area contributed by atoms with Gasteiger partial charge in [0.25, 0.3) is 5.69 Å². The van der Waals surface area contributed by atoms with Gasteiger partial charge in [0.15, 0.2) is 0 Å². The summed E-state index contributed by atoms with van der Waals surface area (Å²) in [5.41, 5.74) is 1.05. The Balaban J connectivity index is 3.18. The van der Waals surface area contributed by atoms with Gasteiger partial charge in [0.05, 0.1) is 9.85 Å². The van der Waals surface area contributed by atoms with E-state index in [-0.39, 0.29) is 17.3 Å². The predicted octanol–water partition coefficient (Wildman–Crippen LogP) is 3.57. The number of benzene rings is 1. The van der Waals surface area contributed by atoms with Crippen LogP contribution < -0.4 is 0 Å². The number of hydrogen-bond acceptors (Lipinski definition) is 4. The molecule has 1 aromatic rings. The van der Waals surface area contributed by atoms with E-state index in [1.54, 1.807) is 19.1 Å². The fourth-order valence-electron chi connectivity index (χ4n) is 1.71. The van der Waals surface area contributed by atoms with E-state index >= 15 is 0 Å². The molecular formula is C13H16N2O4. The van der Waals surface area contributed by atoms with Gasteiger partial charge in [0, 0.05) is 24.1 Å². The molecule has 0 spiro atoms. The van der Waals surface area contributed by atoms with Gasteiger partial charge < -0.3 is 0 Å². The van der Waals surface area contributed by atoms with Crippen molar-refractivity contribution in [2.24, 2.45) is 5.92 Å². The van der Waals surface area contributed by atoms with Gasteiger partial charge in [-0.25, -0.2) is 0 Å². The first-order valence-corrected chi connectivity index (χ1v) is 5.91. The van der Waals surface area contributed by atoms with E-state index in [4.69, 9.17) is 0 Å². The molecule has 0 aliphatic carbocycles. The Bertz CT molecular complexity index is 535. The summed E-state index contributed by atoms with van der Waals surface area (Å²) in [7, 11) is 0. The van der Waals surface area contributed by atoms with Crippen LogP contribution in [0.2, 0.25) is 0 Å². The second-order valence-corrected chi connectivity index (χ2v) is 4.79. The SMILES string of the molecule is Cc1ccc(C=C(CC(C)C)[N+](=O)[O-])cc1[N+](=O)[O-]. The van der Waals surface area contributed by atoms with Gasteiger partial charge in [0.1, 0.15) is 0 Å². The second-order valence-electron chi connectivity index (χ2n) is 4.79. The van der Waals surface area contributed by atoms with Crippen molar-refractivity contribution >= 4 is 11.8 Å². The molecule has 1 rings (SSSR count). The van der Waals surface area contributed by atoms with Gasteiger partial charge >= 0.3 is 0 Å². The Hall–Kier alpha value is -2.24. The number of nitrogens with zero attached hydrogens (tertiary/aromatic N) is 2. The lowest BCUT2D eigenvalue weighted by Gasteiger charge is -2.03. The lowest BCUT2D eigenvalue weighted by molar-refractivity contribution is -0.427. The Labute approximate surface area is 111 Å². The maximum absolute atomic E-state index is 10.9. The quantitative estimate of drug-likeness (QED) is 0.601. The summed E-state index contributed by atoms with van der Waals surface area (Å²) < 4.78 is 0. The molecule has 0 N–H and O–H groups in total. The molecule has 1 aromatic carbocycles. The van der Waals surface area contributed by atoms with Gasteiger partial charge in [-0.1, -0.05) is 26.0 Å². The van der Waals surface area contributed by atoms with E-state index in [0.29, 0.717) is 17.5 Å². The van der Waals surface area contributed by atoms with Crippen LogP contribution >= 0.6 is 0 Å². The lowest BCUT2D eigenvalue weighted by atomic mass is 10.0. The Morgan fingerprint density at radius 2 is 1.95 bits per heavy atom. The highest BCUT2D eigenvalue weighted by Gasteiger charge is 2.15. The summed E-state index contributed by atoms with van der Waals surface area (Å²) >= 11 is 0. The summed E-state index contributed by atoms with van der Waals surface area (Å²) in [6, 6.07) is 4.60. The maximum Gasteiger partial charge on any atom is 0.272 e. The van der Waals surface area contributed by atoms with Crippen LogP contribution in [0.15, 0.2) is 23.9 Å². The van der Waals surface area contributed by atoms with Gasteiger partial charge in [-0.3, -0.25) is 20.2 Å². The van der Waals surface area contributed by atoms with Crippen LogP contribution in [-0.2, 0) is 0 Å². The van der Waals surface area contributed by atoms with Crippen LogP contribution in [0, 0.1) is 33.1 Å². The third-order valence-electron chi connectivity index (χ3n) is 2.62. The third-order valence-corrected chi connectivity index (χ3v) is 2.62. The molecule has 0 saturated carbocycles. The Morgan fingerprint density at radius 3 is 2.42 bits per heavy atom. The molecule has 19 heavy (non-hydrogen) atoms. The van der Waals surface area contributed by atoms with Crippen molar-refractivity contribution in [2.45, 2.75) is 27.2 Å². The molecule has 0 bridgehead atoms. The molecule has 0 heterocycles. The molecule has 6 heteroatoms. The minimum Gasteiger partial charge on any atom is -0.259 e. The standard InChI is InChI=1S/C13H16N2O4/c1-9(2)6-12(14(16)17)7-11-5-4-10(3)13(8-11)15(18)19/h4-5,7-9H,6H2,1-3H3. The summed E-state index contributed by atoms with van der Waals surface area (Å²) in [6.07, 6.45) is 1.72. The first-order chi connectivity index (χ1) is 8.81. The van der Waals surface area contributed by atoms with Crippen molar-refractivity contribution in [1.82, 2.24) is 0 Å². The number of allylic oxidation sites excluding steroid dienone is 1. The van der Waals surface area contributed by atoms with E-state index in [2.05, 4.69) is 0 Å². The number of nitro benzene ring substituents is 1. The summed E-state index contributed by atoms with van der Waals surface area (Å²) in [4.78, 5) is 20.8. The van der Waals surface area contributed by atoms with Crippen molar-refractivity contribution in [3.05, 3.63) is 55.3 Å². The average molecular weight is 264 g/mol. The molecule has 0 unspecified atom stereocenters. The van der Waals surface area contributed by atoms with Crippen LogP contribution in [0.1, 0.15) is 31.4 Å². The first kappa shape index (κ1) is 14.8. The fourth-order valence-corrected chi connectivity index (χ4v) is 1.71. The number of aryl methyl sites for hydroxylation is 1. The number of hydrogen-bond donors (Lipinski definition) is 0. The highest BCUT2D eigenvalue weighted by Crippen LogP contribution is 2.22. The van der Waals surface area contributed by atoms with E-state index in [1.807, 2.05) is 13.8 Å². The monoisotopic (exact) mass is 264 g/mol. The molecule has 0 radical (unpaired) electrons. The van der Waals surface area contributed by atoms with Crippen molar-refractivity contribution < 1.29 is 9.85 Å². The van der Waals surface area contributed by atoms with Gasteiger partial charge in [-0.15, -0.1) is 0 Å². The van der Waals surface area contributed by atoms with Crippen LogP contribution in [-0.4, -0.2) is 9.85 Å². The highest BCUT2D eigenvalue weighted by atomic mass is 16.6. The molecule has 0 aromatic heterocycles. The molecule has 6 nitrogen and oxygen atoms in total.